The van der Waals surface area contributed by atoms with Crippen molar-refractivity contribution in [3.63, 3.8) is 0 Å². The van der Waals surface area contributed by atoms with Gasteiger partial charge in [-0.1, -0.05) is 84.9 Å². The summed E-state index contributed by atoms with van der Waals surface area (Å²) < 4.78 is 8.74. The molecular weight excluding hydrogens is 566 g/mol. The molecule has 0 atom stereocenters. The predicted octanol–water partition coefficient (Wildman–Crippen LogP) is 10.4. The van der Waals surface area contributed by atoms with Gasteiger partial charge in [0.1, 0.15) is 22.8 Å². The minimum absolute atomic E-state index is 0.177. The third-order valence-electron chi connectivity index (χ3n) is 9.01. The van der Waals surface area contributed by atoms with Crippen LogP contribution in [0, 0.1) is 0 Å². The molecular formula is C41H29N3O2. The number of ether oxygens (including phenoxy) is 1. The smallest absolute Gasteiger partial charge is 0.220 e. The zero-order valence-electron chi connectivity index (χ0n) is 25.0. The summed E-state index contributed by atoms with van der Waals surface area (Å²) in [5, 5.41) is 14.7. The number of fused-ring (bicyclic) bond motifs is 4. The van der Waals surface area contributed by atoms with E-state index in [0.29, 0.717) is 23.1 Å². The molecule has 5 aromatic carbocycles. The van der Waals surface area contributed by atoms with Crippen LogP contribution < -0.4 is 4.74 Å². The average molecular weight is 596 g/mol. The van der Waals surface area contributed by atoms with E-state index in [-0.39, 0.29) is 5.75 Å². The fraction of sp³-hybridized carbons (Fsp3) is 0.0732. The molecule has 3 heterocycles. The van der Waals surface area contributed by atoms with Gasteiger partial charge in [-0.05, 0) is 77.4 Å². The van der Waals surface area contributed by atoms with E-state index in [4.69, 9.17) is 14.7 Å². The second-order valence-corrected chi connectivity index (χ2v) is 12.0. The molecule has 0 saturated heterocycles. The fourth-order valence-electron chi connectivity index (χ4n) is 6.65. The second-order valence-electron chi connectivity index (χ2n) is 12.0. The molecule has 9 rings (SSSR count). The minimum atomic E-state index is 0.177. The summed E-state index contributed by atoms with van der Waals surface area (Å²) >= 11 is 0. The Hall–Kier alpha value is -5.94. The van der Waals surface area contributed by atoms with Gasteiger partial charge in [0.15, 0.2) is 0 Å². The van der Waals surface area contributed by atoms with Crippen LogP contribution in [0.1, 0.15) is 24.3 Å². The number of aromatic hydroxyl groups is 1. The van der Waals surface area contributed by atoms with Crippen molar-refractivity contribution < 1.29 is 9.84 Å². The van der Waals surface area contributed by atoms with Gasteiger partial charge in [0.2, 0.25) is 5.88 Å². The van der Waals surface area contributed by atoms with Crippen molar-refractivity contribution in [3.8, 4) is 45.5 Å². The average Bonchev–Trinajstić information content (AvgIpc) is 3.91. The zero-order chi connectivity index (χ0) is 30.6. The lowest BCUT2D eigenvalue weighted by atomic mass is 9.98. The first-order chi connectivity index (χ1) is 22.7. The molecule has 1 N–H and O–H groups in total. The highest BCUT2D eigenvalue weighted by Crippen LogP contribution is 2.47. The van der Waals surface area contributed by atoms with Crippen LogP contribution >= 0.6 is 0 Å². The fourth-order valence-corrected chi connectivity index (χ4v) is 6.65. The third kappa shape index (κ3) is 4.48. The molecule has 0 unspecified atom stereocenters. The summed E-state index contributed by atoms with van der Waals surface area (Å²) in [6.07, 6.45) is 4.12. The van der Waals surface area contributed by atoms with Crippen molar-refractivity contribution >= 4 is 32.7 Å². The van der Waals surface area contributed by atoms with Crippen LogP contribution in [0.25, 0.3) is 60.8 Å². The number of nitrogens with zero attached hydrogens (tertiary/aromatic N) is 3. The van der Waals surface area contributed by atoms with Crippen LogP contribution in [0.15, 0.2) is 140 Å². The number of pyridine rings is 2. The molecule has 1 aliphatic rings. The molecule has 220 valence electrons. The number of hydrogen-bond donors (Lipinski definition) is 1. The maximum Gasteiger partial charge on any atom is 0.220 e. The Morgan fingerprint density at radius 3 is 2.15 bits per heavy atom. The largest absolute Gasteiger partial charge is 0.505 e. The third-order valence-corrected chi connectivity index (χ3v) is 9.01. The van der Waals surface area contributed by atoms with Crippen molar-refractivity contribution in [2.24, 2.45) is 0 Å². The van der Waals surface area contributed by atoms with Crippen LogP contribution in [0.3, 0.4) is 0 Å². The monoisotopic (exact) mass is 595 g/mol. The number of aromatic nitrogens is 3. The van der Waals surface area contributed by atoms with E-state index >= 15 is 0 Å². The highest BCUT2D eigenvalue weighted by Gasteiger charge is 2.28. The van der Waals surface area contributed by atoms with Gasteiger partial charge in [-0.15, -0.1) is 0 Å². The summed E-state index contributed by atoms with van der Waals surface area (Å²) in [6, 6.07) is 45.2. The Balaban J connectivity index is 1.18. The molecule has 1 aliphatic carbocycles. The van der Waals surface area contributed by atoms with Gasteiger partial charge < -0.3 is 9.84 Å². The molecule has 1 saturated carbocycles. The highest BCUT2D eigenvalue weighted by molar-refractivity contribution is 6.09. The summed E-state index contributed by atoms with van der Waals surface area (Å²) in [7, 11) is 0. The summed E-state index contributed by atoms with van der Waals surface area (Å²) in [5.74, 6) is 2.60. The van der Waals surface area contributed by atoms with E-state index < -0.39 is 0 Å². The van der Waals surface area contributed by atoms with Crippen molar-refractivity contribution in [1.82, 2.24) is 14.5 Å². The maximum atomic E-state index is 11.5. The van der Waals surface area contributed by atoms with E-state index in [9.17, 15) is 5.11 Å². The number of rotatable bonds is 6. The standard InChI is InChI=1S/C41H29N3O2/c45-41-31(27-11-5-2-6-12-27)19-20-34-35(28-15-16-28)25-39(43-40(34)41)46-30-17-18-33-32-13-7-8-14-36(32)44(37(33)24-30)38-23-29(21-22-42-38)26-9-3-1-4-10-26/h1-14,17-25,28,45H,15-16H2. The molecule has 46 heavy (non-hydrogen) atoms. The summed E-state index contributed by atoms with van der Waals surface area (Å²) in [4.78, 5) is 9.70. The van der Waals surface area contributed by atoms with Crippen molar-refractivity contribution in [3.05, 3.63) is 145 Å². The molecule has 0 spiro atoms. The van der Waals surface area contributed by atoms with Crippen LogP contribution in [0.2, 0.25) is 0 Å². The van der Waals surface area contributed by atoms with Gasteiger partial charge in [-0.3, -0.25) is 4.57 Å². The normalized spacial score (nSPS) is 13.0. The number of para-hydroxylation sites is 1. The van der Waals surface area contributed by atoms with Gasteiger partial charge in [-0.25, -0.2) is 9.97 Å². The number of hydrogen-bond acceptors (Lipinski definition) is 4. The quantitative estimate of drug-likeness (QED) is 0.208. The summed E-state index contributed by atoms with van der Waals surface area (Å²) in [6.45, 7) is 0. The van der Waals surface area contributed by atoms with Crippen molar-refractivity contribution in [1.29, 1.82) is 0 Å². The van der Waals surface area contributed by atoms with E-state index in [1.807, 2.05) is 66.9 Å². The van der Waals surface area contributed by atoms with Gasteiger partial charge in [0, 0.05) is 40.1 Å². The molecule has 0 radical (unpaired) electrons. The Morgan fingerprint density at radius 1 is 0.630 bits per heavy atom. The SMILES string of the molecule is Oc1c(-c2ccccc2)ccc2c(C3CC3)cc(Oc3ccc4c5ccccc5n(-c5cc(-c6ccccc6)ccn5)c4c3)nc12. The van der Waals surface area contributed by atoms with Crippen LogP contribution in [-0.2, 0) is 0 Å². The van der Waals surface area contributed by atoms with Gasteiger partial charge >= 0.3 is 0 Å². The Kier molecular flexibility index (Phi) is 6.10. The number of benzene rings is 5. The molecule has 3 aromatic heterocycles. The first-order valence-electron chi connectivity index (χ1n) is 15.7. The first kappa shape index (κ1) is 26.5. The number of phenolic OH excluding ortho intramolecular Hbond substituents is 1. The van der Waals surface area contributed by atoms with Crippen LogP contribution in [-0.4, -0.2) is 19.6 Å². The maximum absolute atomic E-state index is 11.5. The number of phenols is 1. The lowest BCUT2D eigenvalue weighted by molar-refractivity contribution is 0.460. The topological polar surface area (TPSA) is 60.2 Å². The Labute approximate surface area is 266 Å². The lowest BCUT2D eigenvalue weighted by Crippen LogP contribution is -1.98. The molecule has 5 nitrogen and oxygen atoms in total. The van der Waals surface area contributed by atoms with E-state index in [1.54, 1.807) is 0 Å². The predicted molar refractivity (Wildman–Crippen MR) is 185 cm³/mol. The van der Waals surface area contributed by atoms with Crippen molar-refractivity contribution in [2.45, 2.75) is 18.8 Å². The van der Waals surface area contributed by atoms with Gasteiger partial charge in [0.25, 0.3) is 0 Å². The molecule has 1 fully saturated rings. The lowest BCUT2D eigenvalue weighted by Gasteiger charge is -2.14. The van der Waals surface area contributed by atoms with Crippen molar-refractivity contribution in [2.75, 3.05) is 0 Å². The molecule has 0 aliphatic heterocycles. The van der Waals surface area contributed by atoms with E-state index in [2.05, 4.69) is 77.4 Å². The van der Waals surface area contributed by atoms with Gasteiger partial charge in [0.05, 0.1) is 11.0 Å². The Bertz CT molecular complexity index is 2410. The molecule has 5 heteroatoms. The molecule has 0 bridgehead atoms. The van der Waals surface area contributed by atoms with Gasteiger partial charge in [-0.2, -0.15) is 0 Å². The molecule has 0 amide bonds. The van der Waals surface area contributed by atoms with E-state index in [1.165, 1.54) is 5.56 Å². The second kappa shape index (κ2) is 10.6. The first-order valence-corrected chi connectivity index (χ1v) is 15.7. The highest BCUT2D eigenvalue weighted by atomic mass is 16.5. The molecule has 8 aromatic rings. The van der Waals surface area contributed by atoms with Crippen LogP contribution in [0.5, 0.6) is 17.4 Å². The minimum Gasteiger partial charge on any atom is -0.505 e. The van der Waals surface area contributed by atoms with Crippen LogP contribution in [0.4, 0.5) is 0 Å². The van der Waals surface area contributed by atoms with E-state index in [0.717, 1.165) is 68.1 Å². The summed E-state index contributed by atoms with van der Waals surface area (Å²) in [5.41, 5.74) is 7.77. The Morgan fingerprint density at radius 2 is 1.35 bits per heavy atom. The zero-order valence-corrected chi connectivity index (χ0v) is 25.0.